The number of piperazine rings is 1. The first-order valence-corrected chi connectivity index (χ1v) is 7.84. The summed E-state index contributed by atoms with van der Waals surface area (Å²) in [7, 11) is -4.05. The van der Waals surface area contributed by atoms with E-state index in [2.05, 4.69) is 0 Å². The molecule has 1 aliphatic rings. The number of nitrogens with two attached hydrogens (primary N) is 1. The minimum Gasteiger partial charge on any atom is -0.465 e. The third-order valence-corrected chi connectivity index (χ3v) is 4.25. The number of sulfonamides is 1. The summed E-state index contributed by atoms with van der Waals surface area (Å²) < 4.78 is 36.2. The largest absolute Gasteiger partial charge is 0.465 e. The van der Waals surface area contributed by atoms with Gasteiger partial charge in [0.15, 0.2) is 0 Å². The average molecular weight is 331 g/mol. The molecule has 22 heavy (non-hydrogen) atoms. The van der Waals surface area contributed by atoms with Gasteiger partial charge in [-0.2, -0.15) is 0 Å². The highest BCUT2D eigenvalue weighted by Gasteiger charge is 2.26. The second-order valence-electron chi connectivity index (χ2n) is 4.75. The molecule has 1 saturated heterocycles. The molecule has 0 aromatic heterocycles. The lowest BCUT2D eigenvalue weighted by Crippen LogP contribution is -2.50. The molecule has 1 aromatic carbocycles. The Morgan fingerprint density at radius 1 is 1.14 bits per heavy atom. The standard InChI is InChI=1S/C12H14FN3O5S/c13-10-7-8(22(14,20)21)1-2-9(10)11(17)15-3-5-16(6-4-15)12(18)19/h1-2,7H,3-6H2,(H,18,19)(H2,14,20,21). The second-order valence-corrected chi connectivity index (χ2v) is 6.31. The molecule has 1 heterocycles. The van der Waals surface area contributed by atoms with Gasteiger partial charge in [0.2, 0.25) is 10.0 Å². The molecular weight excluding hydrogens is 317 g/mol. The maximum absolute atomic E-state index is 13.9. The smallest absolute Gasteiger partial charge is 0.407 e. The van der Waals surface area contributed by atoms with Crippen LogP contribution in [0.2, 0.25) is 0 Å². The summed E-state index contributed by atoms with van der Waals surface area (Å²) in [5, 5.41) is 13.7. The number of primary sulfonamides is 1. The van der Waals surface area contributed by atoms with Gasteiger partial charge in [0.25, 0.3) is 5.91 Å². The van der Waals surface area contributed by atoms with Gasteiger partial charge < -0.3 is 14.9 Å². The molecule has 1 aromatic rings. The molecule has 1 aliphatic heterocycles. The molecule has 8 nitrogen and oxygen atoms in total. The highest BCUT2D eigenvalue weighted by Crippen LogP contribution is 2.16. The van der Waals surface area contributed by atoms with Gasteiger partial charge in [0.05, 0.1) is 10.5 Å². The minimum absolute atomic E-state index is 0.137. The number of rotatable bonds is 2. The second kappa shape index (κ2) is 5.89. The number of nitrogens with zero attached hydrogens (tertiary/aromatic N) is 2. The quantitative estimate of drug-likeness (QED) is 0.784. The Bertz CT molecular complexity index is 713. The maximum atomic E-state index is 13.9. The van der Waals surface area contributed by atoms with Crippen LogP contribution in [0.25, 0.3) is 0 Å². The fourth-order valence-electron chi connectivity index (χ4n) is 2.12. The number of halogens is 1. The Balaban J connectivity index is 2.16. The first-order chi connectivity index (χ1) is 10.2. The highest BCUT2D eigenvalue weighted by molar-refractivity contribution is 7.89. The highest BCUT2D eigenvalue weighted by atomic mass is 32.2. The molecule has 0 bridgehead atoms. The van der Waals surface area contributed by atoms with Crippen LogP contribution < -0.4 is 5.14 Å². The van der Waals surface area contributed by atoms with E-state index in [1.807, 2.05) is 0 Å². The topological polar surface area (TPSA) is 121 Å². The molecule has 0 spiro atoms. The predicted octanol–water partition coefficient (Wildman–Crippen LogP) is -0.0911. The van der Waals surface area contributed by atoms with Crippen molar-refractivity contribution in [1.29, 1.82) is 0 Å². The number of benzene rings is 1. The van der Waals surface area contributed by atoms with E-state index in [4.69, 9.17) is 10.2 Å². The van der Waals surface area contributed by atoms with Gasteiger partial charge in [-0.15, -0.1) is 0 Å². The zero-order valence-corrected chi connectivity index (χ0v) is 12.2. The van der Waals surface area contributed by atoms with E-state index in [0.717, 1.165) is 17.0 Å². The van der Waals surface area contributed by atoms with Crippen LogP contribution >= 0.6 is 0 Å². The molecule has 0 radical (unpaired) electrons. The molecule has 0 atom stereocenters. The first kappa shape index (κ1) is 16.2. The summed E-state index contributed by atoms with van der Waals surface area (Å²) in [6.45, 7) is 0.554. The van der Waals surface area contributed by atoms with Crippen LogP contribution in [0.1, 0.15) is 10.4 Å². The van der Waals surface area contributed by atoms with Crippen molar-refractivity contribution < 1.29 is 27.5 Å². The lowest BCUT2D eigenvalue weighted by Gasteiger charge is -2.33. The average Bonchev–Trinajstić information content (AvgIpc) is 2.45. The monoisotopic (exact) mass is 331 g/mol. The molecule has 1 fully saturated rings. The van der Waals surface area contributed by atoms with Crippen LogP contribution in [-0.4, -0.2) is 61.5 Å². The van der Waals surface area contributed by atoms with Gasteiger partial charge in [-0.05, 0) is 18.2 Å². The molecule has 2 rings (SSSR count). The van der Waals surface area contributed by atoms with E-state index in [9.17, 15) is 22.4 Å². The van der Waals surface area contributed by atoms with Gasteiger partial charge in [-0.3, -0.25) is 4.79 Å². The summed E-state index contributed by atoms with van der Waals surface area (Å²) >= 11 is 0. The molecule has 0 aliphatic carbocycles. The number of carbonyl (C=O) groups excluding carboxylic acids is 1. The number of hydrogen-bond acceptors (Lipinski definition) is 4. The predicted molar refractivity (Wildman–Crippen MR) is 73.3 cm³/mol. The zero-order chi connectivity index (χ0) is 16.5. The van der Waals surface area contributed by atoms with Crippen molar-refractivity contribution in [3.8, 4) is 0 Å². The number of hydrogen-bond donors (Lipinski definition) is 2. The molecule has 120 valence electrons. The molecule has 3 N–H and O–H groups in total. The van der Waals surface area contributed by atoms with E-state index < -0.39 is 32.7 Å². The van der Waals surface area contributed by atoms with Crippen molar-refractivity contribution in [1.82, 2.24) is 9.80 Å². The van der Waals surface area contributed by atoms with Crippen LogP contribution in [0.15, 0.2) is 23.1 Å². The molecule has 2 amide bonds. The van der Waals surface area contributed by atoms with Crippen LogP contribution in [-0.2, 0) is 10.0 Å². The van der Waals surface area contributed by atoms with Crippen molar-refractivity contribution in [2.75, 3.05) is 26.2 Å². The zero-order valence-electron chi connectivity index (χ0n) is 11.4. The molecule has 0 saturated carbocycles. The SMILES string of the molecule is NS(=O)(=O)c1ccc(C(=O)N2CCN(C(=O)O)CC2)c(F)c1. The van der Waals surface area contributed by atoms with E-state index in [1.54, 1.807) is 0 Å². The van der Waals surface area contributed by atoms with Gasteiger partial charge in [0.1, 0.15) is 5.82 Å². The number of carbonyl (C=O) groups is 2. The number of amides is 2. The van der Waals surface area contributed by atoms with Gasteiger partial charge >= 0.3 is 6.09 Å². The Morgan fingerprint density at radius 3 is 2.14 bits per heavy atom. The third kappa shape index (κ3) is 3.34. The lowest BCUT2D eigenvalue weighted by atomic mass is 10.1. The first-order valence-electron chi connectivity index (χ1n) is 6.29. The summed E-state index contributed by atoms with van der Waals surface area (Å²) in [4.78, 5) is 25.0. The summed E-state index contributed by atoms with van der Waals surface area (Å²) in [5.41, 5.74) is -0.281. The van der Waals surface area contributed by atoms with Crippen molar-refractivity contribution in [3.63, 3.8) is 0 Å². The van der Waals surface area contributed by atoms with E-state index in [1.165, 1.54) is 4.90 Å². The van der Waals surface area contributed by atoms with Crippen LogP contribution in [0.3, 0.4) is 0 Å². The van der Waals surface area contributed by atoms with Crippen molar-refractivity contribution >= 4 is 22.0 Å². The van der Waals surface area contributed by atoms with Gasteiger partial charge in [-0.25, -0.2) is 22.7 Å². The Hall–Kier alpha value is -2.20. The van der Waals surface area contributed by atoms with Crippen LogP contribution in [0, 0.1) is 5.82 Å². The van der Waals surface area contributed by atoms with Crippen molar-refractivity contribution in [2.45, 2.75) is 4.90 Å². The Morgan fingerprint density at radius 2 is 1.68 bits per heavy atom. The van der Waals surface area contributed by atoms with Crippen LogP contribution in [0.4, 0.5) is 9.18 Å². The van der Waals surface area contributed by atoms with Crippen molar-refractivity contribution in [3.05, 3.63) is 29.6 Å². The van der Waals surface area contributed by atoms with Crippen LogP contribution in [0.5, 0.6) is 0 Å². The van der Waals surface area contributed by atoms with E-state index >= 15 is 0 Å². The lowest BCUT2D eigenvalue weighted by molar-refractivity contribution is 0.0620. The third-order valence-electron chi connectivity index (χ3n) is 3.34. The Labute approximate surface area is 126 Å². The summed E-state index contributed by atoms with van der Waals surface area (Å²) in [6, 6.07) is 2.80. The molecule has 0 unspecified atom stereocenters. The minimum atomic E-state index is -4.05. The maximum Gasteiger partial charge on any atom is 0.407 e. The molecular formula is C12H14FN3O5S. The van der Waals surface area contributed by atoms with Gasteiger partial charge in [-0.1, -0.05) is 0 Å². The normalized spacial score (nSPS) is 15.7. The van der Waals surface area contributed by atoms with E-state index in [0.29, 0.717) is 6.07 Å². The Kier molecular flexibility index (Phi) is 4.33. The van der Waals surface area contributed by atoms with Gasteiger partial charge in [0, 0.05) is 26.2 Å². The fourth-order valence-corrected chi connectivity index (χ4v) is 2.64. The number of carboxylic acid groups (broad SMARTS) is 1. The molecule has 10 heteroatoms. The van der Waals surface area contributed by atoms with E-state index in [-0.39, 0.29) is 31.7 Å². The summed E-state index contributed by atoms with van der Waals surface area (Å²) in [6.07, 6.45) is -1.07. The van der Waals surface area contributed by atoms with Crippen molar-refractivity contribution in [2.24, 2.45) is 5.14 Å². The summed E-state index contributed by atoms with van der Waals surface area (Å²) in [5.74, 6) is -1.61. The fraction of sp³-hybridized carbons (Fsp3) is 0.333.